The molecule has 4 aromatic rings. The number of aromatic nitrogens is 3. The lowest BCUT2D eigenvalue weighted by atomic mass is 9.86. The Labute approximate surface area is 290 Å². The molecule has 12 heteroatoms. The summed E-state index contributed by atoms with van der Waals surface area (Å²) in [5, 5.41) is 13.9. The molecule has 1 aliphatic heterocycles. The minimum absolute atomic E-state index is 0.111. The maximum absolute atomic E-state index is 11.9. The van der Waals surface area contributed by atoms with Crippen molar-refractivity contribution in [2.45, 2.75) is 64.4 Å². The van der Waals surface area contributed by atoms with Crippen molar-refractivity contribution >= 4 is 29.1 Å². The maximum Gasteiger partial charge on any atom is 0.409 e. The number of ether oxygens (including phenoxy) is 3. The van der Waals surface area contributed by atoms with Gasteiger partial charge in [0, 0.05) is 35.8 Å². The first-order valence-electron chi connectivity index (χ1n) is 16.4. The zero-order valence-corrected chi connectivity index (χ0v) is 28.9. The molecule has 1 atom stereocenters. The summed E-state index contributed by atoms with van der Waals surface area (Å²) in [6.07, 6.45) is 6.10. The molecular weight excluding hydrogens is 648 g/mol. The lowest BCUT2D eigenvalue weighted by Gasteiger charge is -2.32. The average Bonchev–Trinajstić information content (AvgIpc) is 3.76. The number of piperidine rings is 1. The molecule has 2 aromatic heterocycles. The molecule has 11 nitrogen and oxygen atoms in total. The summed E-state index contributed by atoms with van der Waals surface area (Å²) >= 11 is 4.60. The van der Waals surface area contributed by atoms with Crippen LogP contribution in [0, 0.1) is 0 Å². The van der Waals surface area contributed by atoms with Gasteiger partial charge in [0.2, 0.25) is 0 Å². The first-order valence-corrected chi connectivity index (χ1v) is 16.8. The highest BCUT2D eigenvalue weighted by atomic mass is 35.5. The van der Waals surface area contributed by atoms with Gasteiger partial charge in [-0.25, -0.2) is 24.0 Å². The zero-order valence-electron chi connectivity index (χ0n) is 28.1. The third-order valence-electron chi connectivity index (χ3n) is 9.16. The van der Waals surface area contributed by atoms with Crippen LogP contribution in [0.15, 0.2) is 60.8 Å². The molecule has 0 unspecified atom stereocenters. The molecule has 1 amide bonds. The smallest absolute Gasteiger partial charge is 0.409 e. The van der Waals surface area contributed by atoms with Gasteiger partial charge in [-0.1, -0.05) is 44.2 Å². The molecule has 49 heavy (non-hydrogen) atoms. The molecular formula is C37H41ClN4O7. The number of halogens is 1. The summed E-state index contributed by atoms with van der Waals surface area (Å²) in [5.74, 6) is 0.859. The molecule has 258 valence electrons. The summed E-state index contributed by atoms with van der Waals surface area (Å²) in [6, 6.07) is 18.6. The summed E-state index contributed by atoms with van der Waals surface area (Å²) < 4.78 is 17.1. The van der Waals surface area contributed by atoms with Gasteiger partial charge in [0.15, 0.2) is 5.82 Å². The highest BCUT2D eigenvalue weighted by Gasteiger charge is 2.29. The topological polar surface area (TPSA) is 133 Å². The standard InChI is InChI=1S/C35H38N4O5.C2H3ClO2/c1-4-22-20-25(13-14-26(22)23-16-18-38(19-17-23)35(42)43-3)44-31-15-12-24-8-6-9-27(33(24)31)29-10-7-11-32(37-29)39-30(5-2)28(21-36-39)34(40)41;1-5-2(3)4/h6-11,13-14,20-21,23,31H,4-5,12,15-19H2,1-3H3,(H,40,41);1H3/t31-;/m0./s1. The number of pyridine rings is 1. The van der Waals surface area contributed by atoms with Crippen molar-refractivity contribution in [2.75, 3.05) is 27.3 Å². The van der Waals surface area contributed by atoms with Crippen molar-refractivity contribution in [2.24, 2.45) is 0 Å². The van der Waals surface area contributed by atoms with Crippen LogP contribution >= 0.6 is 11.6 Å². The summed E-state index contributed by atoms with van der Waals surface area (Å²) in [7, 11) is 2.65. The second kappa shape index (κ2) is 16.0. The number of nitrogens with zero attached hydrogens (tertiary/aromatic N) is 4. The lowest BCUT2D eigenvalue weighted by Crippen LogP contribution is -2.37. The number of carbonyl (C=O) groups is 3. The lowest BCUT2D eigenvalue weighted by molar-refractivity contribution is 0.0695. The third-order valence-corrected chi connectivity index (χ3v) is 9.31. The Morgan fingerprint density at radius 1 is 0.959 bits per heavy atom. The van der Waals surface area contributed by atoms with E-state index in [1.165, 1.54) is 37.1 Å². The van der Waals surface area contributed by atoms with Gasteiger partial charge in [-0.05, 0) is 85.4 Å². The van der Waals surface area contributed by atoms with Crippen molar-refractivity contribution in [1.29, 1.82) is 0 Å². The molecule has 0 spiro atoms. The summed E-state index contributed by atoms with van der Waals surface area (Å²) in [6.45, 7) is 5.50. The van der Waals surface area contributed by atoms with Crippen molar-refractivity contribution < 1.29 is 33.7 Å². The van der Waals surface area contributed by atoms with Crippen LogP contribution in [0.4, 0.5) is 9.59 Å². The number of benzene rings is 2. The minimum Gasteiger partial charge on any atom is -0.486 e. The number of hydrogen-bond acceptors (Lipinski definition) is 8. The maximum atomic E-state index is 11.9. The van der Waals surface area contributed by atoms with E-state index in [9.17, 15) is 19.5 Å². The molecule has 3 heterocycles. The van der Waals surface area contributed by atoms with Crippen LogP contribution in [-0.4, -0.2) is 69.6 Å². The minimum atomic E-state index is -0.992. The Kier molecular flexibility index (Phi) is 11.6. The van der Waals surface area contributed by atoms with E-state index in [1.807, 2.05) is 25.1 Å². The van der Waals surface area contributed by atoms with Gasteiger partial charge in [0.1, 0.15) is 17.4 Å². The SMILES string of the molecule is CCc1cc(O[C@H]2CCc3cccc(-c4cccc(-n5ncc(C(=O)O)c5CC)n4)c32)ccc1C1CCN(C(=O)OC)CC1.COC(=O)Cl. The highest BCUT2D eigenvalue weighted by molar-refractivity contribution is 6.61. The number of methoxy groups -OCH3 is 2. The fourth-order valence-electron chi connectivity index (χ4n) is 6.79. The number of aryl methyl sites for hydroxylation is 2. The number of carboxylic acids is 1. The molecule has 2 aliphatic rings. The van der Waals surface area contributed by atoms with E-state index in [-0.39, 0.29) is 17.8 Å². The first kappa shape index (κ1) is 35.4. The van der Waals surface area contributed by atoms with Crippen molar-refractivity contribution in [3.63, 3.8) is 0 Å². The zero-order chi connectivity index (χ0) is 35.1. The second-order valence-electron chi connectivity index (χ2n) is 11.9. The van der Waals surface area contributed by atoms with Crippen LogP contribution < -0.4 is 4.74 Å². The average molecular weight is 689 g/mol. The Morgan fingerprint density at radius 2 is 1.69 bits per heavy atom. The molecule has 0 saturated carbocycles. The number of carboxylic acid groups (broad SMARTS) is 1. The van der Waals surface area contributed by atoms with Crippen molar-refractivity contribution in [3.8, 4) is 22.8 Å². The molecule has 0 radical (unpaired) electrons. The van der Waals surface area contributed by atoms with Gasteiger partial charge in [-0.2, -0.15) is 5.10 Å². The highest BCUT2D eigenvalue weighted by Crippen LogP contribution is 2.42. The summed E-state index contributed by atoms with van der Waals surface area (Å²) in [4.78, 5) is 39.7. The van der Waals surface area contributed by atoms with E-state index in [1.54, 1.807) is 9.58 Å². The largest absolute Gasteiger partial charge is 0.486 e. The molecule has 1 fully saturated rings. The number of likely N-dealkylation sites (tertiary alicyclic amines) is 1. The van der Waals surface area contributed by atoms with Crippen LogP contribution in [0.25, 0.3) is 17.1 Å². The van der Waals surface area contributed by atoms with Crippen molar-refractivity contribution in [3.05, 3.63) is 94.3 Å². The Hall–Kier alpha value is -4.90. The van der Waals surface area contributed by atoms with Crippen LogP contribution in [-0.2, 0) is 28.7 Å². The van der Waals surface area contributed by atoms with E-state index in [2.05, 4.69) is 64.8 Å². The number of aromatic carboxylic acids is 1. The van der Waals surface area contributed by atoms with Gasteiger partial charge in [0.05, 0.1) is 31.8 Å². The van der Waals surface area contributed by atoms with Gasteiger partial charge >= 0.3 is 17.5 Å². The normalized spacial score (nSPS) is 15.5. The first-order chi connectivity index (χ1) is 23.7. The number of amides is 1. The number of carbonyl (C=O) groups excluding carboxylic acids is 2. The molecule has 1 saturated heterocycles. The molecule has 1 N–H and O–H groups in total. The fraction of sp³-hybridized carbons (Fsp3) is 0.378. The van der Waals surface area contributed by atoms with Crippen molar-refractivity contribution in [1.82, 2.24) is 19.7 Å². The summed E-state index contributed by atoms with van der Waals surface area (Å²) in [5.41, 5.74) is 6.88. The predicted molar refractivity (Wildman–Crippen MR) is 185 cm³/mol. The molecule has 1 aliphatic carbocycles. The van der Waals surface area contributed by atoms with E-state index < -0.39 is 11.4 Å². The van der Waals surface area contributed by atoms with E-state index in [0.717, 1.165) is 54.7 Å². The van der Waals surface area contributed by atoms with E-state index in [0.29, 0.717) is 36.9 Å². The van der Waals surface area contributed by atoms with Crippen LogP contribution in [0.2, 0.25) is 0 Å². The number of hydrogen-bond donors (Lipinski definition) is 1. The van der Waals surface area contributed by atoms with Crippen LogP contribution in [0.3, 0.4) is 0 Å². The monoisotopic (exact) mass is 688 g/mol. The Balaban J connectivity index is 0.000000874. The fourth-order valence-corrected chi connectivity index (χ4v) is 6.79. The number of fused-ring (bicyclic) bond motifs is 1. The quantitative estimate of drug-likeness (QED) is 0.184. The molecule has 6 rings (SSSR count). The Bertz CT molecular complexity index is 1820. The Morgan fingerprint density at radius 3 is 2.35 bits per heavy atom. The number of rotatable bonds is 8. The molecule has 2 aromatic carbocycles. The van der Waals surface area contributed by atoms with Gasteiger partial charge in [0.25, 0.3) is 0 Å². The van der Waals surface area contributed by atoms with Gasteiger partial charge in [-0.15, -0.1) is 0 Å². The second-order valence-corrected chi connectivity index (χ2v) is 12.2. The molecule has 0 bridgehead atoms. The van der Waals surface area contributed by atoms with Crippen LogP contribution in [0.5, 0.6) is 5.75 Å². The van der Waals surface area contributed by atoms with Gasteiger partial charge < -0.3 is 24.2 Å². The van der Waals surface area contributed by atoms with Gasteiger partial charge in [-0.3, -0.25) is 0 Å². The van der Waals surface area contributed by atoms with E-state index >= 15 is 0 Å². The van der Waals surface area contributed by atoms with Crippen LogP contribution in [0.1, 0.15) is 83.4 Å². The predicted octanol–water partition coefficient (Wildman–Crippen LogP) is 7.76. The van der Waals surface area contributed by atoms with E-state index in [4.69, 9.17) is 14.5 Å². The third kappa shape index (κ3) is 7.88.